The van der Waals surface area contributed by atoms with Crippen LogP contribution in [0.5, 0.6) is 0 Å². The largest absolute Gasteiger partial charge is 0.461 e. The minimum absolute atomic E-state index is 0.0619. The summed E-state index contributed by atoms with van der Waals surface area (Å²) < 4.78 is 5.12. The monoisotopic (exact) mass is 299 g/mol. The molecule has 0 radical (unpaired) electrons. The first kappa shape index (κ1) is 14.7. The smallest absolute Gasteiger partial charge is 0.355 e. The molecule has 1 unspecified atom stereocenters. The van der Waals surface area contributed by atoms with Crippen LogP contribution in [0.4, 0.5) is 0 Å². The molecule has 3 rings (SSSR count). The van der Waals surface area contributed by atoms with Gasteiger partial charge in [-0.25, -0.2) is 4.79 Å². The summed E-state index contributed by atoms with van der Waals surface area (Å²) in [6, 6.07) is 15.9. The number of aliphatic hydroxyl groups excluding tert-OH is 1. The lowest BCUT2D eigenvalue weighted by Gasteiger charge is -2.20. The Balaban J connectivity index is 1.87. The lowest BCUT2D eigenvalue weighted by molar-refractivity contribution is -0.169. The molecule has 1 atom stereocenters. The number of rotatable bonds is 4. The van der Waals surface area contributed by atoms with Gasteiger partial charge in [0.1, 0.15) is 6.61 Å². The molecule has 0 heterocycles. The third-order valence-electron chi connectivity index (χ3n) is 3.94. The summed E-state index contributed by atoms with van der Waals surface area (Å²) in [6.07, 6.45) is 0. The molecule has 0 bridgehead atoms. The van der Waals surface area contributed by atoms with E-state index in [-0.39, 0.29) is 12.5 Å². The average molecular weight is 299 g/mol. The summed E-state index contributed by atoms with van der Waals surface area (Å²) in [5.41, 5.74) is 7.27. The molecule has 0 amide bonds. The molecule has 4 N–H and O–H groups in total. The number of hydrogen-bond donors (Lipinski definition) is 3. The van der Waals surface area contributed by atoms with Crippen molar-refractivity contribution in [1.82, 2.24) is 0 Å². The minimum Gasteiger partial charge on any atom is -0.461 e. The number of aliphatic hydroxyl groups is 2. The molecule has 1 aliphatic carbocycles. The lowest BCUT2D eigenvalue weighted by Crippen LogP contribution is -2.52. The Morgan fingerprint density at radius 3 is 2.09 bits per heavy atom. The number of carbonyl (C=O) groups excluding carboxylic acids is 1. The van der Waals surface area contributed by atoms with Crippen molar-refractivity contribution in [1.29, 1.82) is 0 Å². The van der Waals surface area contributed by atoms with Crippen molar-refractivity contribution in [2.75, 3.05) is 13.2 Å². The van der Waals surface area contributed by atoms with E-state index in [1.165, 1.54) is 0 Å². The Morgan fingerprint density at radius 2 is 1.59 bits per heavy atom. The third kappa shape index (κ3) is 2.39. The van der Waals surface area contributed by atoms with Crippen LogP contribution in [0.1, 0.15) is 17.0 Å². The van der Waals surface area contributed by atoms with Crippen LogP contribution < -0.4 is 5.73 Å². The second-order valence-electron chi connectivity index (χ2n) is 5.41. The van der Waals surface area contributed by atoms with Crippen LogP contribution in [-0.2, 0) is 9.53 Å². The quantitative estimate of drug-likeness (QED) is 0.578. The van der Waals surface area contributed by atoms with Crippen molar-refractivity contribution in [3.05, 3.63) is 59.7 Å². The number of ether oxygens (including phenoxy) is 1. The molecule has 5 nitrogen and oxygen atoms in total. The number of esters is 1. The molecule has 0 aromatic heterocycles. The minimum atomic E-state index is -2.36. The van der Waals surface area contributed by atoms with Gasteiger partial charge >= 0.3 is 5.97 Å². The van der Waals surface area contributed by atoms with Crippen LogP contribution >= 0.6 is 0 Å². The standard InChI is InChI=1S/C17H17NO4/c18-17(21,10-19)16(20)22-9-15-13-7-3-1-5-11(13)12-6-2-4-8-14(12)15/h1-8,15,19,21H,9-10,18H2. The second-order valence-corrected chi connectivity index (χ2v) is 5.41. The summed E-state index contributed by atoms with van der Waals surface area (Å²) in [5, 5.41) is 18.4. The summed E-state index contributed by atoms with van der Waals surface area (Å²) in [4.78, 5) is 11.7. The molecule has 2 aromatic rings. The van der Waals surface area contributed by atoms with Gasteiger partial charge < -0.3 is 14.9 Å². The zero-order valence-electron chi connectivity index (χ0n) is 11.9. The zero-order valence-corrected chi connectivity index (χ0v) is 11.9. The Labute approximate surface area is 128 Å². The van der Waals surface area contributed by atoms with E-state index >= 15 is 0 Å². The number of hydrogen-bond acceptors (Lipinski definition) is 5. The normalized spacial score (nSPS) is 15.8. The van der Waals surface area contributed by atoms with Gasteiger partial charge in [-0.15, -0.1) is 0 Å². The highest BCUT2D eigenvalue weighted by Gasteiger charge is 2.35. The van der Waals surface area contributed by atoms with E-state index < -0.39 is 18.3 Å². The van der Waals surface area contributed by atoms with Gasteiger partial charge in [-0.1, -0.05) is 48.5 Å². The van der Waals surface area contributed by atoms with Gasteiger partial charge in [-0.2, -0.15) is 0 Å². The third-order valence-corrected chi connectivity index (χ3v) is 3.94. The Hall–Kier alpha value is -2.21. The van der Waals surface area contributed by atoms with Crippen LogP contribution in [0.15, 0.2) is 48.5 Å². The number of benzene rings is 2. The highest BCUT2D eigenvalue weighted by atomic mass is 16.6. The first-order valence-electron chi connectivity index (χ1n) is 7.02. The van der Waals surface area contributed by atoms with Crippen molar-refractivity contribution < 1.29 is 19.7 Å². The summed E-state index contributed by atoms with van der Waals surface area (Å²) in [5.74, 6) is -1.14. The lowest BCUT2D eigenvalue weighted by atomic mass is 9.98. The van der Waals surface area contributed by atoms with Gasteiger partial charge in [-0.05, 0) is 22.3 Å². The first-order valence-corrected chi connectivity index (χ1v) is 7.02. The van der Waals surface area contributed by atoms with Crippen LogP contribution in [0.3, 0.4) is 0 Å². The molecule has 0 spiro atoms. The average Bonchev–Trinajstić information content (AvgIpc) is 2.87. The molecule has 114 valence electrons. The topological polar surface area (TPSA) is 92.8 Å². The number of nitrogens with two attached hydrogens (primary N) is 1. The van der Waals surface area contributed by atoms with E-state index in [2.05, 4.69) is 0 Å². The molecule has 0 saturated heterocycles. The molecule has 5 heteroatoms. The zero-order chi connectivity index (χ0) is 15.7. The van der Waals surface area contributed by atoms with E-state index in [0.717, 1.165) is 22.3 Å². The maximum absolute atomic E-state index is 11.7. The van der Waals surface area contributed by atoms with E-state index in [1.807, 2.05) is 48.5 Å². The first-order chi connectivity index (χ1) is 10.5. The summed E-state index contributed by atoms with van der Waals surface area (Å²) in [7, 11) is 0. The van der Waals surface area contributed by atoms with Gasteiger partial charge in [0, 0.05) is 5.92 Å². The fourth-order valence-corrected chi connectivity index (χ4v) is 2.79. The van der Waals surface area contributed by atoms with Crippen molar-refractivity contribution in [2.45, 2.75) is 11.6 Å². The molecule has 0 saturated carbocycles. The van der Waals surface area contributed by atoms with Gasteiger partial charge in [0.15, 0.2) is 0 Å². The van der Waals surface area contributed by atoms with Crippen molar-refractivity contribution in [2.24, 2.45) is 5.73 Å². The van der Waals surface area contributed by atoms with Crippen LogP contribution in [0.25, 0.3) is 11.1 Å². The van der Waals surface area contributed by atoms with Crippen LogP contribution in [0.2, 0.25) is 0 Å². The van der Waals surface area contributed by atoms with Crippen LogP contribution in [0, 0.1) is 0 Å². The van der Waals surface area contributed by atoms with Gasteiger partial charge in [-0.3, -0.25) is 5.73 Å². The van der Waals surface area contributed by atoms with Crippen molar-refractivity contribution in [3.8, 4) is 11.1 Å². The number of fused-ring (bicyclic) bond motifs is 3. The second kappa shape index (κ2) is 5.53. The predicted molar refractivity (Wildman–Crippen MR) is 80.9 cm³/mol. The Bertz CT molecular complexity index is 666. The van der Waals surface area contributed by atoms with Crippen molar-refractivity contribution >= 4 is 5.97 Å². The molecule has 0 fully saturated rings. The van der Waals surface area contributed by atoms with Crippen LogP contribution in [-0.4, -0.2) is 35.1 Å². The summed E-state index contributed by atoms with van der Waals surface area (Å²) in [6.45, 7) is -0.823. The molecule has 1 aliphatic rings. The van der Waals surface area contributed by atoms with E-state index in [4.69, 9.17) is 15.6 Å². The Kier molecular flexibility index (Phi) is 3.70. The van der Waals surface area contributed by atoms with E-state index in [1.54, 1.807) is 0 Å². The van der Waals surface area contributed by atoms with E-state index in [0.29, 0.717) is 0 Å². The molecule has 22 heavy (non-hydrogen) atoms. The summed E-state index contributed by atoms with van der Waals surface area (Å²) >= 11 is 0. The maximum Gasteiger partial charge on any atom is 0.355 e. The van der Waals surface area contributed by atoms with Gasteiger partial charge in [0.25, 0.3) is 0 Å². The molecule has 0 aliphatic heterocycles. The highest BCUT2D eigenvalue weighted by Crippen LogP contribution is 2.44. The fraction of sp³-hybridized carbons (Fsp3) is 0.235. The molecule has 2 aromatic carbocycles. The molecular weight excluding hydrogens is 282 g/mol. The highest BCUT2D eigenvalue weighted by molar-refractivity contribution is 5.80. The molecular formula is C17H17NO4. The maximum atomic E-state index is 11.7. The van der Waals surface area contributed by atoms with Gasteiger partial charge in [0.2, 0.25) is 5.72 Å². The predicted octanol–water partition coefficient (Wildman–Crippen LogP) is 0.982. The number of carbonyl (C=O) groups is 1. The Morgan fingerprint density at radius 1 is 1.09 bits per heavy atom. The van der Waals surface area contributed by atoms with Gasteiger partial charge in [0.05, 0.1) is 6.61 Å². The van der Waals surface area contributed by atoms with E-state index in [9.17, 15) is 9.90 Å². The fourth-order valence-electron chi connectivity index (χ4n) is 2.79. The van der Waals surface area contributed by atoms with Crippen molar-refractivity contribution in [3.63, 3.8) is 0 Å². The SMILES string of the molecule is NC(O)(CO)C(=O)OCC1c2ccccc2-c2ccccc21.